The number of benzene rings is 1. The zero-order valence-electron chi connectivity index (χ0n) is 14.5. The molecule has 0 bridgehead atoms. The molecule has 0 saturated carbocycles. The second-order valence-electron chi connectivity index (χ2n) is 5.87. The molecule has 2 N–H and O–H groups in total. The SMILES string of the molecule is COc1ccc(Cn2cnc3c(=O)[nH]c(-n4cc(C(=O)O)cn4)nc32)c(Cl)c1. The van der Waals surface area contributed by atoms with Gasteiger partial charge in [-0.05, 0) is 17.7 Å². The van der Waals surface area contributed by atoms with Crippen LogP contribution < -0.4 is 10.3 Å². The van der Waals surface area contributed by atoms with Gasteiger partial charge in [-0.1, -0.05) is 17.7 Å². The van der Waals surface area contributed by atoms with Crippen LogP contribution in [0.2, 0.25) is 5.02 Å². The summed E-state index contributed by atoms with van der Waals surface area (Å²) in [6.07, 6.45) is 3.91. The number of imidazole rings is 1. The van der Waals surface area contributed by atoms with Crippen LogP contribution in [-0.4, -0.2) is 47.5 Å². The first kappa shape index (κ1) is 17.7. The van der Waals surface area contributed by atoms with Crippen molar-refractivity contribution >= 4 is 28.7 Å². The number of ether oxygens (including phenoxy) is 1. The maximum absolute atomic E-state index is 12.4. The molecule has 0 fully saturated rings. The Kier molecular flexibility index (Phi) is 4.32. The quantitative estimate of drug-likeness (QED) is 0.521. The number of hydrogen-bond acceptors (Lipinski definition) is 6. The van der Waals surface area contributed by atoms with Crippen molar-refractivity contribution in [3.63, 3.8) is 0 Å². The summed E-state index contributed by atoms with van der Waals surface area (Å²) in [5, 5.41) is 13.5. The van der Waals surface area contributed by atoms with Gasteiger partial charge in [-0.25, -0.2) is 14.5 Å². The molecule has 3 aromatic heterocycles. The second kappa shape index (κ2) is 6.82. The number of carbonyl (C=O) groups is 1. The Hall–Kier alpha value is -3.66. The molecule has 0 aliphatic carbocycles. The zero-order chi connectivity index (χ0) is 19.8. The van der Waals surface area contributed by atoms with Crippen LogP contribution >= 0.6 is 11.6 Å². The van der Waals surface area contributed by atoms with E-state index < -0.39 is 11.5 Å². The fraction of sp³-hybridized carbons (Fsp3) is 0.118. The van der Waals surface area contributed by atoms with Crippen LogP contribution in [0.25, 0.3) is 17.1 Å². The van der Waals surface area contributed by atoms with Crippen molar-refractivity contribution < 1.29 is 14.6 Å². The lowest BCUT2D eigenvalue weighted by molar-refractivity contribution is 0.0697. The van der Waals surface area contributed by atoms with Gasteiger partial charge >= 0.3 is 5.97 Å². The Bertz CT molecular complexity index is 1260. The molecule has 4 aromatic rings. The summed E-state index contributed by atoms with van der Waals surface area (Å²) in [6, 6.07) is 5.29. The minimum Gasteiger partial charge on any atom is -0.497 e. The number of halogens is 1. The maximum Gasteiger partial charge on any atom is 0.338 e. The molecule has 0 amide bonds. The average Bonchev–Trinajstić information content (AvgIpc) is 3.31. The number of H-pyrrole nitrogens is 1. The van der Waals surface area contributed by atoms with Crippen molar-refractivity contribution in [2.45, 2.75) is 6.54 Å². The Morgan fingerprint density at radius 2 is 2.21 bits per heavy atom. The lowest BCUT2D eigenvalue weighted by Crippen LogP contribution is -2.15. The molecule has 0 aliphatic rings. The number of nitrogens with one attached hydrogen (secondary N) is 1. The molecule has 0 saturated heterocycles. The number of fused-ring (bicyclic) bond motifs is 1. The number of aromatic amines is 1. The number of methoxy groups -OCH3 is 1. The topological polar surface area (TPSA) is 128 Å². The lowest BCUT2D eigenvalue weighted by atomic mass is 10.2. The summed E-state index contributed by atoms with van der Waals surface area (Å²) in [4.78, 5) is 34.4. The average molecular weight is 401 g/mol. The van der Waals surface area contributed by atoms with Crippen LogP contribution in [0, 0.1) is 0 Å². The summed E-state index contributed by atoms with van der Waals surface area (Å²) in [7, 11) is 1.55. The molecule has 0 unspecified atom stereocenters. The van der Waals surface area contributed by atoms with Crippen LogP contribution in [0.1, 0.15) is 15.9 Å². The highest BCUT2D eigenvalue weighted by Crippen LogP contribution is 2.24. The molecule has 0 radical (unpaired) electrons. The van der Waals surface area contributed by atoms with Crippen molar-refractivity contribution in [2.24, 2.45) is 0 Å². The third-order valence-corrected chi connectivity index (χ3v) is 4.46. The first-order valence-corrected chi connectivity index (χ1v) is 8.40. The number of rotatable bonds is 5. The number of nitrogens with zero attached hydrogens (tertiary/aromatic N) is 5. The minimum absolute atomic E-state index is 0.0266. The Balaban J connectivity index is 1.77. The monoisotopic (exact) mass is 400 g/mol. The first-order valence-electron chi connectivity index (χ1n) is 8.02. The smallest absolute Gasteiger partial charge is 0.338 e. The Morgan fingerprint density at radius 1 is 1.39 bits per heavy atom. The maximum atomic E-state index is 12.4. The fourth-order valence-electron chi connectivity index (χ4n) is 2.68. The van der Waals surface area contributed by atoms with Crippen molar-refractivity contribution in [2.75, 3.05) is 7.11 Å². The van der Waals surface area contributed by atoms with Crippen LogP contribution in [0.5, 0.6) is 5.75 Å². The van der Waals surface area contributed by atoms with Gasteiger partial charge in [-0.2, -0.15) is 10.1 Å². The van der Waals surface area contributed by atoms with Gasteiger partial charge in [0.05, 0.1) is 31.7 Å². The molecule has 4 rings (SSSR count). The van der Waals surface area contributed by atoms with Crippen LogP contribution in [-0.2, 0) is 6.54 Å². The van der Waals surface area contributed by atoms with Gasteiger partial charge < -0.3 is 14.4 Å². The van der Waals surface area contributed by atoms with E-state index >= 15 is 0 Å². The minimum atomic E-state index is -1.13. The summed E-state index contributed by atoms with van der Waals surface area (Å²) in [6.45, 7) is 0.328. The van der Waals surface area contributed by atoms with Crippen LogP contribution in [0.15, 0.2) is 41.7 Å². The molecule has 3 heterocycles. The zero-order valence-corrected chi connectivity index (χ0v) is 15.2. The molecule has 11 heteroatoms. The lowest BCUT2D eigenvalue weighted by Gasteiger charge is -2.08. The summed E-state index contributed by atoms with van der Waals surface area (Å²) < 4.78 is 7.99. The van der Waals surface area contributed by atoms with Crippen molar-refractivity contribution in [3.05, 3.63) is 63.4 Å². The third-order valence-electron chi connectivity index (χ3n) is 4.11. The van der Waals surface area contributed by atoms with Gasteiger partial charge in [-0.3, -0.25) is 9.78 Å². The van der Waals surface area contributed by atoms with Gasteiger partial charge in [0.15, 0.2) is 11.2 Å². The molecule has 0 aliphatic heterocycles. The molecule has 142 valence electrons. The first-order chi connectivity index (χ1) is 13.5. The van der Waals surface area contributed by atoms with Gasteiger partial charge in [0.25, 0.3) is 5.56 Å². The number of carboxylic acids is 1. The van der Waals surface area contributed by atoms with E-state index in [1.165, 1.54) is 23.4 Å². The van der Waals surface area contributed by atoms with E-state index in [4.69, 9.17) is 21.4 Å². The van der Waals surface area contributed by atoms with E-state index in [-0.39, 0.29) is 17.0 Å². The van der Waals surface area contributed by atoms with Crippen molar-refractivity contribution in [3.8, 4) is 11.7 Å². The molecular weight excluding hydrogens is 388 g/mol. The Labute approximate surface area is 162 Å². The molecule has 1 aromatic carbocycles. The molecule has 0 spiro atoms. The predicted octanol–water partition coefficient (Wildman–Crippen LogP) is 1.71. The highest BCUT2D eigenvalue weighted by molar-refractivity contribution is 6.31. The van der Waals surface area contributed by atoms with E-state index in [1.54, 1.807) is 23.8 Å². The standard InChI is InChI=1S/C17H13ClN6O4/c1-28-11-3-2-9(12(18)4-11)6-23-8-19-13-14(23)21-17(22-15(13)25)24-7-10(5-20-24)16(26)27/h2-5,7-8H,6H2,1H3,(H,26,27)(H,21,22,25). The molecule has 10 nitrogen and oxygen atoms in total. The summed E-state index contributed by atoms with van der Waals surface area (Å²) >= 11 is 6.30. The van der Waals surface area contributed by atoms with Gasteiger partial charge in [0, 0.05) is 11.2 Å². The van der Waals surface area contributed by atoms with E-state index in [9.17, 15) is 9.59 Å². The number of hydrogen-bond donors (Lipinski definition) is 2. The second-order valence-corrected chi connectivity index (χ2v) is 6.28. The number of aromatic nitrogens is 6. The fourth-order valence-corrected chi connectivity index (χ4v) is 2.91. The molecule has 0 atom stereocenters. The van der Waals surface area contributed by atoms with Crippen molar-refractivity contribution in [1.82, 2.24) is 29.3 Å². The highest BCUT2D eigenvalue weighted by Gasteiger charge is 2.15. The largest absolute Gasteiger partial charge is 0.497 e. The van der Waals surface area contributed by atoms with E-state index in [1.807, 2.05) is 6.07 Å². The van der Waals surface area contributed by atoms with E-state index in [2.05, 4.69) is 20.1 Å². The number of aromatic carboxylic acids is 1. The predicted molar refractivity (Wildman–Crippen MR) is 99.3 cm³/mol. The van der Waals surface area contributed by atoms with Gasteiger partial charge in [0.2, 0.25) is 5.95 Å². The van der Waals surface area contributed by atoms with Gasteiger partial charge in [0.1, 0.15) is 5.75 Å². The van der Waals surface area contributed by atoms with E-state index in [0.717, 1.165) is 5.56 Å². The Morgan fingerprint density at radius 3 is 2.89 bits per heavy atom. The summed E-state index contributed by atoms with van der Waals surface area (Å²) in [5.74, 6) is -0.421. The molecular formula is C17H13ClN6O4. The number of carboxylic acid groups (broad SMARTS) is 1. The van der Waals surface area contributed by atoms with Crippen LogP contribution in [0.3, 0.4) is 0 Å². The third kappa shape index (κ3) is 3.09. The van der Waals surface area contributed by atoms with Crippen molar-refractivity contribution in [1.29, 1.82) is 0 Å². The van der Waals surface area contributed by atoms with Gasteiger partial charge in [-0.15, -0.1) is 0 Å². The molecule has 28 heavy (non-hydrogen) atoms. The summed E-state index contributed by atoms with van der Waals surface area (Å²) in [5.41, 5.74) is 0.767. The normalized spacial score (nSPS) is 11.1. The van der Waals surface area contributed by atoms with Crippen LogP contribution in [0.4, 0.5) is 0 Å². The van der Waals surface area contributed by atoms with E-state index in [0.29, 0.717) is 23.0 Å². The highest BCUT2D eigenvalue weighted by atomic mass is 35.5.